The molecule has 2 aliphatic heterocycles. The number of rotatable bonds is 6. The van der Waals surface area contributed by atoms with E-state index < -0.39 is 5.41 Å². The summed E-state index contributed by atoms with van der Waals surface area (Å²) in [5.41, 5.74) is 24.9. The molecule has 0 radical (unpaired) electrons. The standard InChI is InChI=1S/C75H53NO2/c1-2-20-51(21-3-1)58-26-9-14-36-70(58)76(55-43-40-50(41-44-55)53-42-45-62-61-28-7-6-27-60(61)57-25-5-4-22-52(57)46-47-77-71-37-15-10-29-63(71)65(62)49-53)56-24-18-23-54(48-56)59-31-19-35-69-74(59)64-30-8-11-32-66(64)75(69)67-33-12-16-38-72(67)78-73-39-17-13-34-68(73)75/h1-45,49,56H,46-48H2. The average molecular weight is 1000 g/mol. The monoisotopic (exact) mass is 999 g/mol. The molecule has 0 saturated carbocycles. The van der Waals surface area contributed by atoms with E-state index in [0.29, 0.717) is 6.61 Å². The lowest BCUT2D eigenvalue weighted by atomic mass is 9.66. The van der Waals surface area contributed by atoms with Gasteiger partial charge in [0.1, 0.15) is 17.2 Å². The molecule has 1 atom stereocenters. The molecule has 11 aromatic rings. The fourth-order valence-electron chi connectivity index (χ4n) is 13.3. The van der Waals surface area contributed by atoms with Crippen molar-refractivity contribution in [2.24, 2.45) is 0 Å². The van der Waals surface area contributed by atoms with Crippen LogP contribution in [-0.2, 0) is 11.8 Å². The molecule has 2 aliphatic carbocycles. The molecule has 11 aromatic carbocycles. The van der Waals surface area contributed by atoms with Gasteiger partial charge in [-0.15, -0.1) is 0 Å². The zero-order valence-corrected chi connectivity index (χ0v) is 43.0. The Balaban J connectivity index is 0.845. The number of nitrogens with zero attached hydrogens (tertiary/aromatic N) is 1. The second kappa shape index (κ2) is 18.8. The number of anilines is 2. The van der Waals surface area contributed by atoms with Gasteiger partial charge in [-0.1, -0.05) is 237 Å². The minimum absolute atomic E-state index is 0.0121. The molecular formula is C75H53NO2. The van der Waals surface area contributed by atoms with Gasteiger partial charge in [-0.25, -0.2) is 0 Å². The Morgan fingerprint density at radius 2 is 0.949 bits per heavy atom. The number of para-hydroxylation sites is 4. The minimum atomic E-state index is -0.539. The lowest BCUT2D eigenvalue weighted by Crippen LogP contribution is -2.32. The van der Waals surface area contributed by atoms with Crippen LogP contribution in [0.3, 0.4) is 0 Å². The highest BCUT2D eigenvalue weighted by Gasteiger charge is 2.51. The van der Waals surface area contributed by atoms with Crippen molar-refractivity contribution in [1.29, 1.82) is 0 Å². The van der Waals surface area contributed by atoms with Crippen molar-refractivity contribution in [2.75, 3.05) is 11.5 Å². The average Bonchev–Trinajstić information content (AvgIpc) is 3.85. The van der Waals surface area contributed by atoms with Crippen LogP contribution in [0.4, 0.5) is 11.4 Å². The van der Waals surface area contributed by atoms with E-state index in [1.54, 1.807) is 0 Å². The Hall–Kier alpha value is -9.70. The highest BCUT2D eigenvalue weighted by molar-refractivity contribution is 5.97. The summed E-state index contributed by atoms with van der Waals surface area (Å²) in [6, 6.07) is 95.4. The Kier molecular flexibility index (Phi) is 11.0. The largest absolute Gasteiger partial charge is 0.493 e. The molecule has 78 heavy (non-hydrogen) atoms. The Morgan fingerprint density at radius 3 is 1.72 bits per heavy atom. The minimum Gasteiger partial charge on any atom is -0.493 e. The Bertz CT molecular complexity index is 4160. The molecule has 15 rings (SSSR count). The maximum atomic E-state index is 6.69. The number of ether oxygens (including phenoxy) is 2. The maximum Gasteiger partial charge on any atom is 0.132 e. The van der Waals surface area contributed by atoms with Crippen LogP contribution in [0.2, 0.25) is 0 Å². The van der Waals surface area contributed by atoms with Crippen LogP contribution in [0, 0.1) is 0 Å². The number of hydrogen-bond donors (Lipinski definition) is 0. The van der Waals surface area contributed by atoms with E-state index in [1.807, 2.05) is 0 Å². The second-order valence-corrected chi connectivity index (χ2v) is 20.8. The fourth-order valence-corrected chi connectivity index (χ4v) is 13.3. The second-order valence-electron chi connectivity index (χ2n) is 20.8. The molecule has 1 unspecified atom stereocenters. The summed E-state index contributed by atoms with van der Waals surface area (Å²) >= 11 is 0. The van der Waals surface area contributed by atoms with Crippen LogP contribution in [0.25, 0.3) is 72.3 Å². The third-order valence-electron chi connectivity index (χ3n) is 16.7. The first kappa shape index (κ1) is 45.7. The van der Waals surface area contributed by atoms with Gasteiger partial charge in [0.2, 0.25) is 0 Å². The quantitative estimate of drug-likeness (QED) is 0.166. The van der Waals surface area contributed by atoms with Gasteiger partial charge in [-0.2, -0.15) is 0 Å². The first-order valence-electron chi connectivity index (χ1n) is 27.3. The van der Waals surface area contributed by atoms with Gasteiger partial charge in [-0.05, 0) is 132 Å². The van der Waals surface area contributed by atoms with Crippen molar-refractivity contribution in [2.45, 2.75) is 24.3 Å². The van der Waals surface area contributed by atoms with Crippen molar-refractivity contribution in [1.82, 2.24) is 0 Å². The molecule has 0 aromatic heterocycles. The van der Waals surface area contributed by atoms with Crippen LogP contribution >= 0.6 is 0 Å². The summed E-state index contributed by atoms with van der Waals surface area (Å²) in [6.07, 6.45) is 8.63. The molecule has 2 heterocycles. The van der Waals surface area contributed by atoms with Gasteiger partial charge < -0.3 is 14.4 Å². The maximum absolute atomic E-state index is 6.69. The predicted octanol–water partition coefficient (Wildman–Crippen LogP) is 19.0. The summed E-state index contributed by atoms with van der Waals surface area (Å²) in [6.45, 7) is 0.589. The lowest BCUT2D eigenvalue weighted by Gasteiger charge is -2.39. The van der Waals surface area contributed by atoms with E-state index in [0.717, 1.165) is 63.7 Å². The first-order valence-corrected chi connectivity index (χ1v) is 27.3. The number of fused-ring (bicyclic) bond motifs is 16. The van der Waals surface area contributed by atoms with Crippen molar-refractivity contribution >= 4 is 16.9 Å². The smallest absolute Gasteiger partial charge is 0.132 e. The van der Waals surface area contributed by atoms with E-state index in [1.165, 1.54) is 83.5 Å². The summed E-state index contributed by atoms with van der Waals surface area (Å²) in [4.78, 5) is 2.57. The highest BCUT2D eigenvalue weighted by atomic mass is 16.5. The summed E-state index contributed by atoms with van der Waals surface area (Å²) in [5, 5.41) is 0. The number of allylic oxidation sites excluding steroid dienone is 2. The topological polar surface area (TPSA) is 21.7 Å². The molecule has 0 bridgehead atoms. The van der Waals surface area contributed by atoms with Gasteiger partial charge in [-0.3, -0.25) is 0 Å². The molecule has 0 fully saturated rings. The van der Waals surface area contributed by atoms with E-state index in [2.05, 4.69) is 284 Å². The van der Waals surface area contributed by atoms with E-state index in [-0.39, 0.29) is 6.04 Å². The van der Waals surface area contributed by atoms with Gasteiger partial charge >= 0.3 is 0 Å². The van der Waals surface area contributed by atoms with E-state index >= 15 is 0 Å². The predicted molar refractivity (Wildman–Crippen MR) is 321 cm³/mol. The third kappa shape index (κ3) is 7.34. The number of hydrogen-bond acceptors (Lipinski definition) is 3. The van der Waals surface area contributed by atoms with E-state index in [4.69, 9.17) is 9.47 Å². The zero-order chi connectivity index (χ0) is 51.6. The SMILES string of the molecule is C1=CC(N(c2ccc(-c3ccc4c(c3)-c3ccccc3OCCc3ccccc3-c3ccccc3-4)cc2)c2ccccc2-c2ccccc2)CC(c2cccc3c2-c2ccccc2C32c3ccccc3Oc3ccccc32)=C1. The molecule has 4 aliphatic rings. The van der Waals surface area contributed by atoms with Crippen molar-refractivity contribution in [3.8, 4) is 84.0 Å². The van der Waals surface area contributed by atoms with Crippen LogP contribution in [0.15, 0.2) is 279 Å². The zero-order valence-electron chi connectivity index (χ0n) is 43.0. The molecule has 0 N–H and O–H groups in total. The van der Waals surface area contributed by atoms with Crippen molar-refractivity contribution < 1.29 is 9.47 Å². The molecular weight excluding hydrogens is 947 g/mol. The van der Waals surface area contributed by atoms with Crippen LogP contribution in [-0.4, -0.2) is 12.6 Å². The Labute approximate surface area is 456 Å². The Morgan fingerprint density at radius 1 is 0.385 bits per heavy atom. The summed E-state index contributed by atoms with van der Waals surface area (Å²) < 4.78 is 13.4. The highest BCUT2D eigenvalue weighted by Crippen LogP contribution is 2.63. The van der Waals surface area contributed by atoms with Crippen molar-refractivity contribution in [3.63, 3.8) is 0 Å². The van der Waals surface area contributed by atoms with Crippen molar-refractivity contribution in [3.05, 3.63) is 312 Å². The summed E-state index contributed by atoms with van der Waals surface area (Å²) in [7, 11) is 0. The first-order chi connectivity index (χ1) is 38.7. The van der Waals surface area contributed by atoms with E-state index in [9.17, 15) is 0 Å². The molecule has 370 valence electrons. The van der Waals surface area contributed by atoms with Gasteiger partial charge in [0.15, 0.2) is 0 Å². The van der Waals surface area contributed by atoms with Crippen LogP contribution in [0.5, 0.6) is 17.2 Å². The fraction of sp³-hybridized carbons (Fsp3) is 0.0667. The molecule has 1 spiro atoms. The summed E-state index contributed by atoms with van der Waals surface area (Å²) in [5.74, 6) is 2.70. The van der Waals surface area contributed by atoms with Gasteiger partial charge in [0.25, 0.3) is 0 Å². The van der Waals surface area contributed by atoms with Gasteiger partial charge in [0.05, 0.1) is 18.1 Å². The molecule has 0 saturated heterocycles. The lowest BCUT2D eigenvalue weighted by molar-refractivity contribution is 0.323. The normalized spacial score (nSPS) is 15.0. The number of benzene rings is 11. The molecule has 3 heteroatoms. The molecule has 3 nitrogen and oxygen atoms in total. The van der Waals surface area contributed by atoms with Gasteiger partial charge in [0, 0.05) is 40.0 Å². The third-order valence-corrected chi connectivity index (χ3v) is 16.7. The van der Waals surface area contributed by atoms with Crippen LogP contribution in [0.1, 0.15) is 39.8 Å². The van der Waals surface area contributed by atoms with Crippen LogP contribution < -0.4 is 14.4 Å². The molecule has 0 amide bonds.